The van der Waals surface area contributed by atoms with Crippen LogP contribution in [0.2, 0.25) is 0 Å². The Kier molecular flexibility index (Phi) is 4.68. The molecule has 2 nitrogen and oxygen atoms in total. The minimum absolute atomic E-state index is 0.0164. The molecule has 0 saturated carbocycles. The van der Waals surface area contributed by atoms with Crippen LogP contribution in [-0.4, -0.2) is 17.4 Å². The summed E-state index contributed by atoms with van der Waals surface area (Å²) in [6, 6.07) is 19.7. The summed E-state index contributed by atoms with van der Waals surface area (Å²) >= 11 is 3.40. The van der Waals surface area contributed by atoms with E-state index in [0.29, 0.717) is 0 Å². The van der Waals surface area contributed by atoms with Crippen molar-refractivity contribution in [1.82, 2.24) is 0 Å². The van der Waals surface area contributed by atoms with Gasteiger partial charge in [-0.05, 0) is 17.7 Å². The zero-order valence-corrected chi connectivity index (χ0v) is 13.0. The molecular weight excluding hydrogens is 298 g/mol. The Labute approximate surface area is 133 Å². The second kappa shape index (κ2) is 6.87. The van der Waals surface area contributed by atoms with Gasteiger partial charge in [-0.15, -0.1) is 23.5 Å². The first-order valence-electron chi connectivity index (χ1n) is 6.76. The number of anilines is 1. The Hall–Kier alpha value is -1.65. The van der Waals surface area contributed by atoms with Gasteiger partial charge in [0.2, 0.25) is 0 Å². The van der Waals surface area contributed by atoms with E-state index in [0.717, 1.165) is 32.6 Å². The standard InChI is InChI=1S/C17H15NOS2/c19-17(18-14-9-5-2-6-10-14)16-15(20-11-12-21-16)13-7-3-1-4-8-13/h1-10H,11-12H2,(H,18,19). The van der Waals surface area contributed by atoms with E-state index in [2.05, 4.69) is 17.4 Å². The van der Waals surface area contributed by atoms with Gasteiger partial charge in [-0.3, -0.25) is 4.79 Å². The predicted octanol–water partition coefficient (Wildman–Crippen LogP) is 4.47. The highest BCUT2D eigenvalue weighted by Crippen LogP contribution is 2.40. The fourth-order valence-electron chi connectivity index (χ4n) is 2.10. The number of hydrogen-bond acceptors (Lipinski definition) is 3. The van der Waals surface area contributed by atoms with Crippen molar-refractivity contribution in [3.05, 3.63) is 71.1 Å². The third-order valence-corrected chi connectivity index (χ3v) is 5.67. The van der Waals surface area contributed by atoms with Gasteiger partial charge < -0.3 is 5.32 Å². The molecule has 1 aliphatic rings. The summed E-state index contributed by atoms with van der Waals surface area (Å²) in [7, 11) is 0. The zero-order chi connectivity index (χ0) is 14.5. The monoisotopic (exact) mass is 313 g/mol. The lowest BCUT2D eigenvalue weighted by molar-refractivity contribution is -0.112. The lowest BCUT2D eigenvalue weighted by Crippen LogP contribution is -2.16. The molecule has 3 rings (SSSR count). The predicted molar refractivity (Wildman–Crippen MR) is 93.3 cm³/mol. The number of rotatable bonds is 3. The first kappa shape index (κ1) is 14.3. The molecule has 1 aliphatic heterocycles. The number of nitrogens with one attached hydrogen (secondary N) is 1. The molecule has 0 spiro atoms. The van der Waals surface area contributed by atoms with E-state index in [9.17, 15) is 4.79 Å². The highest BCUT2D eigenvalue weighted by atomic mass is 32.2. The molecule has 4 heteroatoms. The third kappa shape index (κ3) is 3.52. The van der Waals surface area contributed by atoms with E-state index in [1.54, 1.807) is 23.5 Å². The molecule has 0 radical (unpaired) electrons. The van der Waals surface area contributed by atoms with Gasteiger partial charge in [0.05, 0.1) is 4.91 Å². The molecule has 2 aromatic rings. The first-order valence-corrected chi connectivity index (χ1v) is 8.73. The van der Waals surface area contributed by atoms with Gasteiger partial charge in [0, 0.05) is 22.1 Å². The van der Waals surface area contributed by atoms with Gasteiger partial charge in [-0.25, -0.2) is 0 Å². The smallest absolute Gasteiger partial charge is 0.263 e. The highest BCUT2D eigenvalue weighted by Gasteiger charge is 2.21. The summed E-state index contributed by atoms with van der Waals surface area (Å²) in [5, 5.41) is 2.98. The second-order valence-corrected chi connectivity index (χ2v) is 6.75. The largest absolute Gasteiger partial charge is 0.322 e. The average Bonchev–Trinajstić information content (AvgIpc) is 2.56. The van der Waals surface area contributed by atoms with E-state index < -0.39 is 0 Å². The van der Waals surface area contributed by atoms with Gasteiger partial charge in [0.1, 0.15) is 0 Å². The van der Waals surface area contributed by atoms with Crippen LogP contribution in [0.3, 0.4) is 0 Å². The molecule has 1 heterocycles. The summed E-state index contributed by atoms with van der Waals surface area (Å²) in [5.74, 6) is 1.99. The molecule has 0 bridgehead atoms. The van der Waals surface area contributed by atoms with Crippen LogP contribution in [0.5, 0.6) is 0 Å². The number of para-hydroxylation sites is 1. The summed E-state index contributed by atoms with van der Waals surface area (Å²) in [5.41, 5.74) is 1.95. The number of benzene rings is 2. The Morgan fingerprint density at radius 1 is 0.857 bits per heavy atom. The number of carbonyl (C=O) groups is 1. The molecule has 0 atom stereocenters. The van der Waals surface area contributed by atoms with E-state index in [1.807, 2.05) is 48.5 Å². The van der Waals surface area contributed by atoms with Gasteiger partial charge in [0.15, 0.2) is 0 Å². The fourth-order valence-corrected chi connectivity index (χ4v) is 4.49. The van der Waals surface area contributed by atoms with E-state index in [4.69, 9.17) is 0 Å². The number of carbonyl (C=O) groups excluding carboxylic acids is 1. The van der Waals surface area contributed by atoms with Crippen molar-refractivity contribution in [3.8, 4) is 0 Å². The average molecular weight is 313 g/mol. The molecule has 2 aromatic carbocycles. The van der Waals surface area contributed by atoms with Crippen molar-refractivity contribution < 1.29 is 4.79 Å². The highest BCUT2D eigenvalue weighted by molar-refractivity contribution is 8.14. The van der Waals surface area contributed by atoms with Crippen molar-refractivity contribution in [2.45, 2.75) is 0 Å². The van der Waals surface area contributed by atoms with Crippen LogP contribution < -0.4 is 5.32 Å². The summed E-state index contributed by atoms with van der Waals surface area (Å²) in [4.78, 5) is 14.5. The summed E-state index contributed by atoms with van der Waals surface area (Å²) < 4.78 is 0. The van der Waals surface area contributed by atoms with Gasteiger partial charge in [0.25, 0.3) is 5.91 Å². The third-order valence-electron chi connectivity index (χ3n) is 3.06. The molecule has 0 aliphatic carbocycles. The zero-order valence-electron chi connectivity index (χ0n) is 11.4. The second-order valence-electron chi connectivity index (χ2n) is 4.54. The van der Waals surface area contributed by atoms with Crippen molar-refractivity contribution in [2.75, 3.05) is 16.8 Å². The summed E-state index contributed by atoms with van der Waals surface area (Å²) in [6.45, 7) is 0. The topological polar surface area (TPSA) is 29.1 Å². The number of thioether (sulfide) groups is 2. The first-order chi connectivity index (χ1) is 10.3. The minimum atomic E-state index is -0.0164. The van der Waals surface area contributed by atoms with Crippen molar-refractivity contribution in [1.29, 1.82) is 0 Å². The van der Waals surface area contributed by atoms with Crippen LogP contribution in [0.1, 0.15) is 5.56 Å². The van der Waals surface area contributed by atoms with Crippen molar-refractivity contribution in [3.63, 3.8) is 0 Å². The molecule has 0 aromatic heterocycles. The molecule has 106 valence electrons. The van der Waals surface area contributed by atoms with Crippen LogP contribution in [0, 0.1) is 0 Å². The lowest BCUT2D eigenvalue weighted by Gasteiger charge is -2.19. The van der Waals surface area contributed by atoms with E-state index in [-0.39, 0.29) is 5.91 Å². The SMILES string of the molecule is O=C(Nc1ccccc1)C1=C(c2ccccc2)SCCS1. The van der Waals surface area contributed by atoms with Crippen molar-refractivity contribution in [2.24, 2.45) is 0 Å². The maximum absolute atomic E-state index is 12.5. The molecule has 1 N–H and O–H groups in total. The Morgan fingerprint density at radius 3 is 2.19 bits per heavy atom. The normalized spacial score (nSPS) is 14.9. The van der Waals surface area contributed by atoms with Crippen LogP contribution in [0.25, 0.3) is 4.91 Å². The molecule has 21 heavy (non-hydrogen) atoms. The van der Waals surface area contributed by atoms with Gasteiger partial charge in [-0.2, -0.15) is 0 Å². The van der Waals surface area contributed by atoms with Crippen LogP contribution in [0.4, 0.5) is 5.69 Å². The lowest BCUT2D eigenvalue weighted by atomic mass is 10.2. The molecule has 1 amide bonds. The molecule has 0 fully saturated rings. The Balaban J connectivity index is 1.89. The van der Waals surface area contributed by atoms with Crippen LogP contribution in [0.15, 0.2) is 65.6 Å². The number of amides is 1. The maximum atomic E-state index is 12.5. The summed E-state index contributed by atoms with van der Waals surface area (Å²) in [6.07, 6.45) is 0. The van der Waals surface area contributed by atoms with Crippen molar-refractivity contribution >= 4 is 40.0 Å². The van der Waals surface area contributed by atoms with Gasteiger partial charge in [-0.1, -0.05) is 48.5 Å². The van der Waals surface area contributed by atoms with E-state index >= 15 is 0 Å². The van der Waals surface area contributed by atoms with E-state index in [1.165, 1.54) is 0 Å². The fraction of sp³-hybridized carbons (Fsp3) is 0.118. The van der Waals surface area contributed by atoms with Gasteiger partial charge >= 0.3 is 0 Å². The van der Waals surface area contributed by atoms with Crippen LogP contribution >= 0.6 is 23.5 Å². The Bertz CT molecular complexity index is 653. The maximum Gasteiger partial charge on any atom is 0.263 e. The molecule has 0 saturated heterocycles. The minimum Gasteiger partial charge on any atom is -0.322 e. The van der Waals surface area contributed by atoms with Crippen LogP contribution in [-0.2, 0) is 4.79 Å². The molecule has 0 unspecified atom stereocenters. The number of hydrogen-bond donors (Lipinski definition) is 1. The quantitative estimate of drug-likeness (QED) is 0.906. The molecular formula is C17H15NOS2. The Morgan fingerprint density at radius 2 is 1.48 bits per heavy atom.